The fourth-order valence-electron chi connectivity index (χ4n) is 1.92. The van der Waals surface area contributed by atoms with Crippen molar-refractivity contribution in [2.45, 2.75) is 47.0 Å². The summed E-state index contributed by atoms with van der Waals surface area (Å²) in [6, 6.07) is 0. The summed E-state index contributed by atoms with van der Waals surface area (Å²) < 4.78 is 5.59. The fourth-order valence-corrected chi connectivity index (χ4v) is 2.70. The Kier molecular flexibility index (Phi) is 14.6. The monoisotopic (exact) mass is 468 g/mol. The van der Waals surface area contributed by atoms with Gasteiger partial charge < -0.3 is 15.4 Å². The molecular weight excluding hydrogens is 435 g/mol. The number of aliphatic imine (C=N–C) groups is 1. The van der Waals surface area contributed by atoms with Crippen molar-refractivity contribution in [3.05, 3.63) is 16.1 Å². The van der Waals surface area contributed by atoms with Gasteiger partial charge in [0.1, 0.15) is 0 Å². The van der Waals surface area contributed by atoms with E-state index in [9.17, 15) is 0 Å². The Morgan fingerprint density at radius 3 is 2.71 bits per heavy atom. The van der Waals surface area contributed by atoms with Crippen LogP contribution >= 0.6 is 35.3 Å². The summed E-state index contributed by atoms with van der Waals surface area (Å²) in [6.45, 7) is 12.5. The lowest BCUT2D eigenvalue weighted by Gasteiger charge is -2.11. The summed E-state index contributed by atoms with van der Waals surface area (Å²) >= 11 is 1.74. The molecule has 0 bridgehead atoms. The lowest BCUT2D eigenvalue weighted by molar-refractivity contribution is 0.130. The van der Waals surface area contributed by atoms with Crippen molar-refractivity contribution < 1.29 is 4.74 Å². The second-order valence-electron chi connectivity index (χ2n) is 5.82. The van der Waals surface area contributed by atoms with E-state index >= 15 is 0 Å². The molecule has 0 unspecified atom stereocenters. The summed E-state index contributed by atoms with van der Waals surface area (Å²) in [5.74, 6) is 1.54. The van der Waals surface area contributed by atoms with E-state index in [1.165, 1.54) is 5.01 Å². The topological polar surface area (TPSA) is 58.5 Å². The summed E-state index contributed by atoms with van der Waals surface area (Å²) in [6.07, 6.45) is 3.04. The molecule has 0 fully saturated rings. The molecule has 0 atom stereocenters. The van der Waals surface area contributed by atoms with Gasteiger partial charge in [-0.3, -0.25) is 4.99 Å². The third-order valence-electron chi connectivity index (χ3n) is 3.26. The molecule has 1 rings (SSSR count). The van der Waals surface area contributed by atoms with E-state index in [4.69, 9.17) is 4.74 Å². The number of ether oxygens (including phenoxy) is 1. The first-order chi connectivity index (χ1) is 11.2. The SMILES string of the molecule is CCNC(=NCCOCCC(C)C)NCCc1csc(CC)n1.I. The third-order valence-corrected chi connectivity index (χ3v) is 4.31. The maximum absolute atomic E-state index is 5.59. The minimum atomic E-state index is 0. The summed E-state index contributed by atoms with van der Waals surface area (Å²) in [5, 5.41) is 9.97. The van der Waals surface area contributed by atoms with E-state index in [1.807, 2.05) is 0 Å². The molecule has 0 saturated carbocycles. The first kappa shape index (κ1) is 23.6. The van der Waals surface area contributed by atoms with Crippen LogP contribution in [-0.4, -0.2) is 43.8 Å². The van der Waals surface area contributed by atoms with Crippen molar-refractivity contribution in [3.8, 4) is 0 Å². The number of guanidine groups is 1. The number of aromatic nitrogens is 1. The van der Waals surface area contributed by atoms with E-state index in [0.29, 0.717) is 19.1 Å². The molecule has 0 aliphatic heterocycles. The average molecular weight is 468 g/mol. The fraction of sp³-hybridized carbons (Fsp3) is 0.765. The second kappa shape index (κ2) is 14.9. The predicted octanol–water partition coefficient (Wildman–Crippen LogP) is 3.48. The van der Waals surface area contributed by atoms with Crippen LogP contribution in [0.4, 0.5) is 0 Å². The summed E-state index contributed by atoms with van der Waals surface area (Å²) in [4.78, 5) is 9.11. The largest absolute Gasteiger partial charge is 0.380 e. The molecule has 2 N–H and O–H groups in total. The van der Waals surface area contributed by atoms with Crippen LogP contribution in [0.1, 0.15) is 44.8 Å². The van der Waals surface area contributed by atoms with Crippen LogP contribution in [0.5, 0.6) is 0 Å². The minimum Gasteiger partial charge on any atom is -0.380 e. The van der Waals surface area contributed by atoms with Gasteiger partial charge in [0.05, 0.1) is 23.9 Å². The molecule has 0 spiro atoms. The first-order valence-electron chi connectivity index (χ1n) is 8.68. The van der Waals surface area contributed by atoms with E-state index in [1.54, 1.807) is 11.3 Å². The standard InChI is InChI=1S/C17H32N4OS.HI/c1-5-16-21-15(13-23-16)7-9-19-17(18-6-2)20-10-12-22-11-8-14(3)4;/h13-14H,5-12H2,1-4H3,(H2,18,19,20);1H. The van der Waals surface area contributed by atoms with Gasteiger partial charge in [-0.25, -0.2) is 4.98 Å². The third kappa shape index (κ3) is 11.2. The molecule has 0 aliphatic carbocycles. The molecule has 7 heteroatoms. The van der Waals surface area contributed by atoms with E-state index in [-0.39, 0.29) is 24.0 Å². The number of hydrogen-bond donors (Lipinski definition) is 2. The van der Waals surface area contributed by atoms with Crippen molar-refractivity contribution in [1.82, 2.24) is 15.6 Å². The minimum absolute atomic E-state index is 0. The van der Waals surface area contributed by atoms with Crippen LogP contribution in [0.3, 0.4) is 0 Å². The Hall–Kier alpha value is -0.410. The van der Waals surface area contributed by atoms with Gasteiger partial charge in [0.2, 0.25) is 0 Å². The summed E-state index contributed by atoms with van der Waals surface area (Å²) in [5.41, 5.74) is 1.16. The van der Waals surface area contributed by atoms with E-state index < -0.39 is 0 Å². The normalized spacial score (nSPS) is 11.5. The van der Waals surface area contributed by atoms with Gasteiger partial charge in [-0.15, -0.1) is 35.3 Å². The molecule has 0 aromatic carbocycles. The van der Waals surface area contributed by atoms with Crippen LogP contribution in [0.2, 0.25) is 0 Å². The van der Waals surface area contributed by atoms with Crippen LogP contribution in [0, 0.1) is 5.92 Å². The number of nitrogens with zero attached hydrogens (tertiary/aromatic N) is 2. The van der Waals surface area contributed by atoms with Gasteiger partial charge in [-0.2, -0.15) is 0 Å². The highest BCUT2D eigenvalue weighted by molar-refractivity contribution is 14.0. The van der Waals surface area contributed by atoms with Crippen LogP contribution in [0.15, 0.2) is 10.4 Å². The zero-order chi connectivity index (χ0) is 16.9. The van der Waals surface area contributed by atoms with Crippen molar-refractivity contribution in [1.29, 1.82) is 0 Å². The molecule has 0 amide bonds. The van der Waals surface area contributed by atoms with Crippen molar-refractivity contribution in [3.63, 3.8) is 0 Å². The molecule has 1 aromatic rings. The molecule has 0 radical (unpaired) electrons. The average Bonchev–Trinajstić information content (AvgIpc) is 2.98. The number of thiazole rings is 1. The molecule has 0 saturated heterocycles. The molecule has 24 heavy (non-hydrogen) atoms. The highest BCUT2D eigenvalue weighted by Crippen LogP contribution is 2.10. The first-order valence-corrected chi connectivity index (χ1v) is 9.56. The van der Waals surface area contributed by atoms with Gasteiger partial charge in [0.15, 0.2) is 5.96 Å². The van der Waals surface area contributed by atoms with E-state index in [2.05, 4.69) is 53.7 Å². The number of rotatable bonds is 11. The van der Waals surface area contributed by atoms with Crippen LogP contribution < -0.4 is 10.6 Å². The Morgan fingerprint density at radius 2 is 2.08 bits per heavy atom. The van der Waals surface area contributed by atoms with Crippen molar-refractivity contribution >= 4 is 41.3 Å². The second-order valence-corrected chi connectivity index (χ2v) is 6.76. The summed E-state index contributed by atoms with van der Waals surface area (Å²) in [7, 11) is 0. The van der Waals surface area contributed by atoms with Gasteiger partial charge >= 0.3 is 0 Å². The quantitative estimate of drug-likeness (QED) is 0.226. The molecule has 5 nitrogen and oxygen atoms in total. The predicted molar refractivity (Wildman–Crippen MR) is 115 cm³/mol. The number of hydrogen-bond acceptors (Lipinski definition) is 4. The van der Waals surface area contributed by atoms with Gasteiger partial charge in [0.25, 0.3) is 0 Å². The Balaban J connectivity index is 0.00000529. The number of nitrogens with one attached hydrogen (secondary N) is 2. The lowest BCUT2D eigenvalue weighted by Crippen LogP contribution is -2.38. The zero-order valence-corrected chi connectivity index (χ0v) is 18.6. The maximum atomic E-state index is 5.59. The van der Waals surface area contributed by atoms with Gasteiger partial charge in [-0.1, -0.05) is 20.8 Å². The smallest absolute Gasteiger partial charge is 0.191 e. The highest BCUT2D eigenvalue weighted by Gasteiger charge is 2.01. The lowest BCUT2D eigenvalue weighted by atomic mass is 10.1. The van der Waals surface area contributed by atoms with Crippen molar-refractivity contribution in [2.75, 3.05) is 32.8 Å². The van der Waals surface area contributed by atoms with Crippen molar-refractivity contribution in [2.24, 2.45) is 10.9 Å². The Bertz CT molecular complexity index is 452. The van der Waals surface area contributed by atoms with Crippen LogP contribution in [-0.2, 0) is 17.6 Å². The van der Waals surface area contributed by atoms with Gasteiger partial charge in [0, 0.05) is 31.5 Å². The zero-order valence-electron chi connectivity index (χ0n) is 15.4. The molecular formula is C17H33IN4OS. The molecule has 140 valence electrons. The van der Waals surface area contributed by atoms with E-state index in [0.717, 1.165) is 50.6 Å². The van der Waals surface area contributed by atoms with Crippen LogP contribution in [0.25, 0.3) is 0 Å². The molecule has 1 aromatic heterocycles. The molecule has 0 aliphatic rings. The molecule has 1 heterocycles. The highest BCUT2D eigenvalue weighted by atomic mass is 127. The maximum Gasteiger partial charge on any atom is 0.191 e. The Morgan fingerprint density at radius 1 is 1.29 bits per heavy atom. The van der Waals surface area contributed by atoms with Gasteiger partial charge in [-0.05, 0) is 25.7 Å². The number of halogens is 1. The Labute approximate surface area is 168 Å². The number of aryl methyl sites for hydroxylation is 1.